The molecule has 47 heavy (non-hydrogen) atoms. The van der Waals surface area contributed by atoms with E-state index in [4.69, 9.17) is 27.8 Å². The molecule has 1 aliphatic heterocycles. The van der Waals surface area contributed by atoms with Crippen LogP contribution in [0.4, 0.5) is 0 Å². The van der Waals surface area contributed by atoms with E-state index in [2.05, 4.69) is 0 Å². The van der Waals surface area contributed by atoms with Crippen LogP contribution in [-0.4, -0.2) is 41.4 Å². The molecule has 0 bridgehead atoms. The largest absolute Gasteiger partial charge is 0.504 e. The average Bonchev–Trinajstić information content (AvgIpc) is 3.57. The molecule has 4 aromatic carbocycles. The lowest BCUT2D eigenvalue weighted by Gasteiger charge is -2.09. The summed E-state index contributed by atoms with van der Waals surface area (Å²) in [6, 6.07) is 15.7. The lowest BCUT2D eigenvalue weighted by Crippen LogP contribution is -2.07. The van der Waals surface area contributed by atoms with E-state index in [1.807, 2.05) is 0 Å². The third-order valence-corrected chi connectivity index (χ3v) is 7.58. The van der Waals surface area contributed by atoms with Crippen LogP contribution in [0, 0.1) is 0 Å². The van der Waals surface area contributed by atoms with Crippen LogP contribution >= 0.6 is 0 Å². The maximum atomic E-state index is 12.9. The summed E-state index contributed by atoms with van der Waals surface area (Å²) in [5.41, 5.74) is 2.99. The fraction of sp³-hybridized carbons (Fsp3) is 0.143. The molecule has 0 fully saturated rings. The van der Waals surface area contributed by atoms with Gasteiger partial charge in [0.25, 0.3) is 0 Å². The summed E-state index contributed by atoms with van der Waals surface area (Å²) >= 11 is 0. The molecule has 0 aliphatic carbocycles. The smallest absolute Gasteiger partial charge is 0.231 e. The average molecular weight is 641 g/mol. The number of hydrogen-bond acceptors (Lipinski definition) is 12. The summed E-state index contributed by atoms with van der Waals surface area (Å²) < 4.78 is 32.3. The minimum atomic E-state index is -0.335. The van der Waals surface area contributed by atoms with Crippen LogP contribution in [0.5, 0.6) is 34.5 Å². The Morgan fingerprint density at radius 2 is 1.15 bits per heavy atom. The van der Waals surface area contributed by atoms with Gasteiger partial charge in [-0.15, -0.1) is 0 Å². The van der Waals surface area contributed by atoms with Crippen molar-refractivity contribution in [1.29, 1.82) is 0 Å². The van der Waals surface area contributed by atoms with Crippen molar-refractivity contribution < 1.29 is 48.2 Å². The topological polar surface area (TPSA) is 178 Å². The summed E-state index contributed by atoms with van der Waals surface area (Å²) in [6.07, 6.45) is 2.68. The van der Waals surface area contributed by atoms with Crippen LogP contribution in [-0.2, 0) is 13.2 Å². The Morgan fingerprint density at radius 3 is 1.66 bits per heavy atom. The van der Waals surface area contributed by atoms with E-state index in [1.165, 1.54) is 44.9 Å². The highest BCUT2D eigenvalue weighted by atomic mass is 16.7. The van der Waals surface area contributed by atoms with Crippen molar-refractivity contribution in [2.45, 2.75) is 13.2 Å². The SMILES string of the molecule is COc1cc(CO)cc2occ(-c3ccc(O)c(O)c3)c(=O)c12.COc1cc(CO)cc2occ(-c3ccc4c(c3)OCO4)c(=O)c12. The molecule has 0 unspecified atom stereocenters. The Labute approximate surface area is 265 Å². The number of hydrogen-bond donors (Lipinski definition) is 4. The molecule has 0 radical (unpaired) electrons. The van der Waals surface area contributed by atoms with Crippen LogP contribution in [0.15, 0.2) is 91.6 Å². The molecule has 0 saturated carbocycles. The van der Waals surface area contributed by atoms with Crippen molar-refractivity contribution in [2.24, 2.45) is 0 Å². The summed E-state index contributed by atoms with van der Waals surface area (Å²) in [5.74, 6) is 1.30. The van der Waals surface area contributed by atoms with E-state index in [0.29, 0.717) is 67.4 Å². The lowest BCUT2D eigenvalue weighted by molar-refractivity contribution is 0.174. The second-order valence-corrected chi connectivity index (χ2v) is 10.4. The Morgan fingerprint density at radius 1 is 0.638 bits per heavy atom. The summed E-state index contributed by atoms with van der Waals surface area (Å²) in [5, 5.41) is 38.1. The number of ether oxygens (including phenoxy) is 4. The molecule has 12 nitrogen and oxygen atoms in total. The Bertz CT molecular complexity index is 2250. The van der Waals surface area contributed by atoms with E-state index in [-0.39, 0.29) is 53.3 Å². The van der Waals surface area contributed by atoms with Gasteiger partial charge in [-0.1, -0.05) is 12.1 Å². The molecule has 0 saturated heterocycles. The number of rotatable bonds is 6. The van der Waals surface area contributed by atoms with Crippen molar-refractivity contribution in [1.82, 2.24) is 0 Å². The molecule has 0 spiro atoms. The predicted octanol–water partition coefficient (Wildman–Crippen LogP) is 5.06. The maximum Gasteiger partial charge on any atom is 0.231 e. The second-order valence-electron chi connectivity index (χ2n) is 10.4. The molecule has 6 aromatic rings. The molecule has 3 heterocycles. The standard InChI is InChI=1S/C18H14O6.C17H14O6/c1-21-15-4-10(7-19)5-16-17(15)18(20)12(8-22-16)11-2-3-13-14(6-11)24-9-23-13;1-22-14-4-9(7-18)5-15-16(14)17(21)11(8-23-15)10-2-3-12(19)13(20)6-10/h2-6,8,19H,7,9H2,1H3;2-6,8,18-20H,7H2,1H3. The Hall–Kier alpha value is -5.98. The molecule has 1 aliphatic rings. The number of phenols is 2. The first-order valence-corrected chi connectivity index (χ1v) is 14.1. The van der Waals surface area contributed by atoms with Gasteiger partial charge in [-0.05, 0) is 70.8 Å². The van der Waals surface area contributed by atoms with Gasteiger partial charge in [0.15, 0.2) is 23.0 Å². The maximum absolute atomic E-state index is 12.9. The normalized spacial score (nSPS) is 11.7. The number of phenolic OH excluding ortho intramolecular Hbond substituents is 2. The molecule has 0 amide bonds. The van der Waals surface area contributed by atoms with Gasteiger partial charge in [0, 0.05) is 0 Å². The van der Waals surface area contributed by atoms with Gasteiger partial charge in [-0.2, -0.15) is 0 Å². The van der Waals surface area contributed by atoms with Crippen molar-refractivity contribution in [3.05, 3.63) is 105 Å². The van der Waals surface area contributed by atoms with Gasteiger partial charge in [0.1, 0.15) is 46.0 Å². The highest BCUT2D eigenvalue weighted by Crippen LogP contribution is 2.36. The fourth-order valence-electron chi connectivity index (χ4n) is 5.20. The molecule has 4 N–H and O–H groups in total. The highest BCUT2D eigenvalue weighted by molar-refractivity contribution is 5.89. The van der Waals surface area contributed by atoms with Gasteiger partial charge < -0.3 is 48.2 Å². The fourth-order valence-corrected chi connectivity index (χ4v) is 5.20. The minimum Gasteiger partial charge on any atom is -0.504 e. The van der Waals surface area contributed by atoms with Crippen LogP contribution in [0.1, 0.15) is 11.1 Å². The zero-order valence-electron chi connectivity index (χ0n) is 25.1. The van der Waals surface area contributed by atoms with Gasteiger partial charge in [0.2, 0.25) is 17.7 Å². The van der Waals surface area contributed by atoms with Crippen molar-refractivity contribution >= 4 is 21.9 Å². The number of aromatic hydroxyl groups is 2. The molecular weight excluding hydrogens is 612 g/mol. The number of aliphatic hydroxyl groups is 2. The Balaban J connectivity index is 0.000000165. The highest BCUT2D eigenvalue weighted by Gasteiger charge is 2.19. The monoisotopic (exact) mass is 640 g/mol. The van der Waals surface area contributed by atoms with Crippen LogP contribution in [0.25, 0.3) is 44.2 Å². The molecular formula is C35H28O12. The van der Waals surface area contributed by atoms with Crippen LogP contribution in [0.3, 0.4) is 0 Å². The molecule has 7 rings (SSSR count). The summed E-state index contributed by atoms with van der Waals surface area (Å²) in [6.45, 7) is -0.202. The summed E-state index contributed by atoms with van der Waals surface area (Å²) in [4.78, 5) is 25.7. The summed E-state index contributed by atoms with van der Waals surface area (Å²) in [7, 11) is 2.90. The lowest BCUT2D eigenvalue weighted by atomic mass is 10.0. The van der Waals surface area contributed by atoms with Crippen molar-refractivity contribution in [3.63, 3.8) is 0 Å². The molecule has 2 aromatic heterocycles. The van der Waals surface area contributed by atoms with Crippen molar-refractivity contribution in [2.75, 3.05) is 21.0 Å². The molecule has 0 atom stereocenters. The Kier molecular flexibility index (Phi) is 8.44. The zero-order chi connectivity index (χ0) is 33.2. The van der Waals surface area contributed by atoms with E-state index in [0.717, 1.165) is 0 Å². The zero-order valence-corrected chi connectivity index (χ0v) is 25.1. The van der Waals surface area contributed by atoms with Crippen LogP contribution < -0.4 is 29.8 Å². The first-order valence-electron chi connectivity index (χ1n) is 14.1. The third-order valence-electron chi connectivity index (χ3n) is 7.58. The van der Waals surface area contributed by atoms with Gasteiger partial charge in [0.05, 0.1) is 38.6 Å². The second kappa shape index (κ2) is 12.8. The van der Waals surface area contributed by atoms with E-state index >= 15 is 0 Å². The van der Waals surface area contributed by atoms with Gasteiger partial charge in [-0.25, -0.2) is 0 Å². The van der Waals surface area contributed by atoms with E-state index in [1.54, 1.807) is 42.5 Å². The number of methoxy groups -OCH3 is 2. The quantitative estimate of drug-likeness (QED) is 0.178. The molecule has 240 valence electrons. The van der Waals surface area contributed by atoms with Crippen LogP contribution in [0.2, 0.25) is 0 Å². The number of fused-ring (bicyclic) bond motifs is 3. The van der Waals surface area contributed by atoms with E-state index < -0.39 is 0 Å². The van der Waals surface area contributed by atoms with Gasteiger partial charge in [-0.3, -0.25) is 9.59 Å². The number of benzene rings is 4. The number of aliphatic hydroxyl groups excluding tert-OH is 2. The van der Waals surface area contributed by atoms with E-state index in [9.17, 15) is 30.0 Å². The predicted molar refractivity (Wildman–Crippen MR) is 170 cm³/mol. The first kappa shape index (κ1) is 31.0. The van der Waals surface area contributed by atoms with Gasteiger partial charge >= 0.3 is 0 Å². The first-order chi connectivity index (χ1) is 22.8. The van der Waals surface area contributed by atoms with Crippen molar-refractivity contribution in [3.8, 4) is 56.8 Å². The molecule has 12 heteroatoms. The minimum absolute atomic E-state index is 0.167. The third kappa shape index (κ3) is 5.78.